The lowest BCUT2D eigenvalue weighted by Gasteiger charge is -2.19. The molecule has 0 aromatic rings. The monoisotopic (exact) mass is 1820 g/mol. The van der Waals surface area contributed by atoms with Gasteiger partial charge < -0.3 is 101 Å². The molecule has 0 saturated carbocycles. The number of carbonyl (C=O) groups excluding carboxylic acids is 20. The molecule has 0 unspecified atom stereocenters. The van der Waals surface area contributed by atoms with Crippen molar-refractivity contribution >= 4 is 227 Å². The Balaban J connectivity index is 3.31. The summed E-state index contributed by atoms with van der Waals surface area (Å²) in [5, 5.41) is 25.3. The van der Waals surface area contributed by atoms with Crippen LogP contribution in [-0.2, 0) is 143 Å². The van der Waals surface area contributed by atoms with E-state index in [1.54, 1.807) is 0 Å². The Morgan fingerprint density at radius 2 is 0.261 bits per heavy atom. The number of hydrogen-bond acceptors (Lipinski definition) is 40. The van der Waals surface area contributed by atoms with Crippen molar-refractivity contribution in [3.8, 4) is 0 Å². The van der Waals surface area contributed by atoms with Gasteiger partial charge in [-0.15, -0.1) is 0 Å². The largest absolute Gasteiger partial charge is 0.467 e. The first-order valence-electron chi connectivity index (χ1n) is 34.8. The maximum atomic E-state index is 13.0. The summed E-state index contributed by atoms with van der Waals surface area (Å²) < 4.78 is 48.6. The molecular formula is C65H100N10O30S10. The molecule has 1 saturated heterocycles. The highest BCUT2D eigenvalue weighted by molar-refractivity contribution is 8.78. The van der Waals surface area contributed by atoms with Gasteiger partial charge in [0, 0.05) is 122 Å². The topological polar surface area (TPSA) is 554 Å². The summed E-state index contributed by atoms with van der Waals surface area (Å²) in [5.41, 5.74) is 0. The van der Waals surface area contributed by atoms with Crippen LogP contribution >= 0.6 is 108 Å². The Morgan fingerprint density at radius 1 is 0.183 bits per heavy atom. The molecule has 0 aromatic carbocycles. The summed E-state index contributed by atoms with van der Waals surface area (Å²) in [7, 11) is 21.3. The van der Waals surface area contributed by atoms with Crippen LogP contribution in [-0.4, -0.2) is 308 Å². The predicted octanol–water partition coefficient (Wildman–Crippen LogP) is -0.664. The highest BCUT2D eigenvalue weighted by Gasteiger charge is 2.32. The van der Waals surface area contributed by atoms with Crippen molar-refractivity contribution in [2.75, 3.05) is 129 Å². The summed E-state index contributed by atoms with van der Waals surface area (Å²) in [6, 6.07) is -12.1. The number of methoxy groups -OCH3 is 10. The molecule has 0 bridgehead atoms. The van der Waals surface area contributed by atoms with Gasteiger partial charge in [0.25, 0.3) is 0 Å². The molecule has 1 aliphatic rings. The van der Waals surface area contributed by atoms with Gasteiger partial charge >= 0.3 is 59.7 Å². The normalized spacial score (nSPS) is 24.1. The van der Waals surface area contributed by atoms with E-state index in [4.69, 9.17) is 47.4 Å². The van der Waals surface area contributed by atoms with E-state index in [9.17, 15) is 95.9 Å². The minimum absolute atomic E-state index is 0.0496. The number of hydrogen-bond donors (Lipinski definition) is 10. The van der Waals surface area contributed by atoms with Crippen molar-refractivity contribution in [3.63, 3.8) is 0 Å². The minimum atomic E-state index is -1.21. The van der Waals surface area contributed by atoms with Gasteiger partial charge in [-0.2, -0.15) is 0 Å². The first-order valence-corrected chi connectivity index (χ1v) is 47.3. The highest BCUT2D eigenvalue weighted by Crippen LogP contribution is 2.29. The summed E-state index contributed by atoms with van der Waals surface area (Å²) in [6.07, 6.45) is -2.85. The lowest BCUT2D eigenvalue weighted by Crippen LogP contribution is -2.44. The third-order valence-corrected chi connectivity index (χ3v) is 27.1. The average Bonchev–Trinajstić information content (AvgIpc) is 0.919. The summed E-state index contributed by atoms with van der Waals surface area (Å²) >= 11 is 0. The zero-order chi connectivity index (χ0) is 86.2. The Morgan fingerprint density at radius 3 is 0.330 bits per heavy atom. The predicted molar refractivity (Wildman–Crippen MR) is 433 cm³/mol. The second-order valence-electron chi connectivity index (χ2n) is 23.5. The zero-order valence-corrected chi connectivity index (χ0v) is 72.9. The van der Waals surface area contributed by atoms with E-state index in [2.05, 4.69) is 53.2 Å². The van der Waals surface area contributed by atoms with Crippen molar-refractivity contribution in [2.45, 2.75) is 157 Å². The molecule has 0 aliphatic carbocycles. The van der Waals surface area contributed by atoms with Crippen LogP contribution in [0.15, 0.2) is 0 Å². The van der Waals surface area contributed by atoms with Crippen LogP contribution in [0.5, 0.6) is 0 Å². The lowest BCUT2D eigenvalue weighted by molar-refractivity contribution is -0.145. The number of rotatable bonds is 10. The minimum Gasteiger partial charge on any atom is -0.467 e. The SMILES string of the molecule is COC(=O)[C@@H]1CSSC[C@@H](C(=O)OC)NC(=O)CCCC(=O)N[C@H](C(=O)OC)CSSC[C@@H](C(=O)OC)NC(=O)CCCC(=O)N[C@H](C(=O)OC)CSSC[C@@H](C(=O)OC)NC(=O)CCCC(=O)N[C@H](C(=O)OC)CSSC[C@@H](C(=O)OC)NC(=O)CCCC(=O)N[C@H](C(=O)OC)CSSC[C@@H](C(=O)OC)NC(=O)CCCC(=O)N1. The van der Waals surface area contributed by atoms with E-state index in [0.29, 0.717) is 0 Å². The van der Waals surface area contributed by atoms with Gasteiger partial charge in [-0.05, 0) is 32.1 Å². The summed E-state index contributed by atoms with van der Waals surface area (Å²) in [5.74, 6) is -15.7. The molecule has 0 aromatic heterocycles. The quantitative estimate of drug-likeness (QED) is 0.0737. The first kappa shape index (κ1) is 106. The molecule has 1 heterocycles. The van der Waals surface area contributed by atoms with Gasteiger partial charge in [0.15, 0.2) is 0 Å². The van der Waals surface area contributed by atoms with Crippen LogP contribution < -0.4 is 53.2 Å². The molecule has 10 N–H and O–H groups in total. The molecule has 50 heteroatoms. The van der Waals surface area contributed by atoms with Crippen molar-refractivity contribution in [1.29, 1.82) is 0 Å². The molecule has 40 nitrogen and oxygen atoms in total. The first-order chi connectivity index (χ1) is 54.9. The fraction of sp³-hybridized carbons (Fsp3) is 0.692. The van der Waals surface area contributed by atoms with E-state index in [1.165, 1.54) is 0 Å². The smallest absolute Gasteiger partial charge is 0.329 e. The van der Waals surface area contributed by atoms with Crippen molar-refractivity contribution in [3.05, 3.63) is 0 Å². The maximum absolute atomic E-state index is 13.0. The van der Waals surface area contributed by atoms with Gasteiger partial charge in [-0.25, -0.2) is 47.9 Å². The number of carbonyl (C=O) groups is 20. The van der Waals surface area contributed by atoms with Gasteiger partial charge in [-0.3, -0.25) is 47.9 Å². The van der Waals surface area contributed by atoms with Gasteiger partial charge in [0.2, 0.25) is 59.1 Å². The molecule has 10 amide bonds. The molecule has 10 atom stereocenters. The molecular weight excluding hydrogens is 1720 g/mol. The van der Waals surface area contributed by atoms with Crippen LogP contribution in [0.25, 0.3) is 0 Å². The van der Waals surface area contributed by atoms with E-state index < -0.39 is 179 Å². The van der Waals surface area contributed by atoms with Crippen molar-refractivity contribution in [2.24, 2.45) is 0 Å². The fourth-order valence-electron chi connectivity index (χ4n) is 8.98. The third kappa shape index (κ3) is 47.2. The second-order valence-corrected chi connectivity index (χ2v) is 36.3. The van der Waals surface area contributed by atoms with Gasteiger partial charge in [0.1, 0.15) is 60.4 Å². The number of esters is 10. The molecule has 1 rings (SSSR count). The van der Waals surface area contributed by atoms with E-state index in [0.717, 1.165) is 179 Å². The molecule has 1 fully saturated rings. The Bertz CT molecular complexity index is 2570. The molecule has 650 valence electrons. The molecule has 115 heavy (non-hydrogen) atoms. The van der Waals surface area contributed by atoms with Crippen LogP contribution in [0.4, 0.5) is 0 Å². The Labute approximate surface area is 703 Å². The average molecular weight is 1820 g/mol. The van der Waals surface area contributed by atoms with Gasteiger partial charge in [-0.1, -0.05) is 108 Å². The standard InChI is InChI=1S/C65H100N10O30S10/c1-96-56(86)36-26-106-107-27-37(57(87)97-2)67-48(78)18-12-19-49(79)69-40(60(90)100-5)30-110-111-31-41(61(91)101-6)71-52(82)22-14-23-53(83)73-44(64(94)104-9)34-114-115-35-45(65(95)105-10)75-55(85)25-15-24-54(84)74-43(63(93)103-8)33-113-112-32-42(62(92)102-7)72-51(81)21-13-20-50(80)70-39(59(89)99-4)29-109-108-28-38(58(88)98-3)68-47(77)17-11-16-46(76)66-36/h36-45H,11-35H2,1-10H3,(H,66,76)(H,67,78)(H,68,77)(H,69,79)(H,70,80)(H,71,82)(H,72,81)(H,73,83)(H,74,84)(H,75,85)/t36-,37-,38-,39-,40-,41-,42-,43-,44-,45-/m0/s1. The Hall–Kier alpha value is -7.10. The van der Waals surface area contributed by atoms with Crippen LogP contribution in [0, 0.1) is 0 Å². The third-order valence-electron chi connectivity index (χ3n) is 15.0. The van der Waals surface area contributed by atoms with Crippen molar-refractivity contribution in [1.82, 2.24) is 53.2 Å². The van der Waals surface area contributed by atoms with Crippen LogP contribution in [0.2, 0.25) is 0 Å². The van der Waals surface area contributed by atoms with E-state index in [1.807, 2.05) is 0 Å². The summed E-state index contributed by atoms with van der Waals surface area (Å²) in [4.78, 5) is 258. The summed E-state index contributed by atoms with van der Waals surface area (Å²) in [6.45, 7) is 0. The maximum Gasteiger partial charge on any atom is 0.329 e. The number of amides is 10. The van der Waals surface area contributed by atoms with Crippen LogP contribution in [0.3, 0.4) is 0 Å². The lowest BCUT2D eigenvalue weighted by atomic mass is 10.2. The van der Waals surface area contributed by atoms with Crippen LogP contribution in [0.1, 0.15) is 96.3 Å². The molecule has 1 aliphatic heterocycles. The van der Waals surface area contributed by atoms with Crippen molar-refractivity contribution < 1.29 is 143 Å². The number of ether oxygens (including phenoxy) is 10. The van der Waals surface area contributed by atoms with E-state index in [-0.39, 0.29) is 154 Å². The number of nitrogens with one attached hydrogen (secondary N) is 10. The second kappa shape index (κ2) is 63.0. The fourth-order valence-corrected chi connectivity index (χ4v) is 20.5. The Kier molecular flexibility index (Phi) is 58.1. The van der Waals surface area contributed by atoms with Gasteiger partial charge in [0.05, 0.1) is 71.1 Å². The highest BCUT2D eigenvalue weighted by atomic mass is 33.1. The van der Waals surface area contributed by atoms with E-state index >= 15 is 0 Å². The molecule has 0 radical (unpaired) electrons. The molecule has 0 spiro atoms. The zero-order valence-electron chi connectivity index (χ0n) is 64.8.